The Balaban J connectivity index is 2.46. The van der Waals surface area contributed by atoms with Gasteiger partial charge in [0, 0.05) is 25.3 Å². The van der Waals surface area contributed by atoms with Crippen LogP contribution in [-0.4, -0.2) is 43.8 Å². The molecule has 1 amide bonds. The highest BCUT2D eigenvalue weighted by Crippen LogP contribution is 2.26. The Kier molecular flexibility index (Phi) is 6.30. The minimum atomic E-state index is -3.02. The summed E-state index contributed by atoms with van der Waals surface area (Å²) in [5, 5.41) is 0. The second-order valence-corrected chi connectivity index (χ2v) is 8.16. The Labute approximate surface area is 117 Å². The minimum Gasteiger partial charge on any atom is -0.342 e. The average molecular weight is 289 g/mol. The standard InChI is InChI=1S/C14H27NO3S/c1-4-19(17,18)11-12(2)15(3)14(16)10-13-8-6-5-7-9-13/h12-13H,4-11H2,1-3H3. The molecular weight excluding hydrogens is 262 g/mol. The normalized spacial score (nSPS) is 19.1. The van der Waals surface area contributed by atoms with Crippen molar-refractivity contribution in [1.82, 2.24) is 4.90 Å². The number of carbonyl (C=O) groups is 1. The highest BCUT2D eigenvalue weighted by Gasteiger charge is 2.24. The molecule has 1 aliphatic rings. The first-order valence-electron chi connectivity index (χ1n) is 7.31. The molecule has 19 heavy (non-hydrogen) atoms. The molecule has 0 saturated heterocycles. The van der Waals surface area contributed by atoms with Crippen molar-refractivity contribution in [2.75, 3.05) is 18.6 Å². The van der Waals surface area contributed by atoms with Crippen LogP contribution in [0.25, 0.3) is 0 Å². The quantitative estimate of drug-likeness (QED) is 0.753. The Morgan fingerprint density at radius 1 is 1.26 bits per heavy atom. The zero-order chi connectivity index (χ0) is 14.5. The molecule has 0 heterocycles. The number of rotatable bonds is 6. The number of hydrogen-bond acceptors (Lipinski definition) is 3. The van der Waals surface area contributed by atoms with Gasteiger partial charge in [-0.3, -0.25) is 4.79 Å². The molecule has 0 aromatic rings. The van der Waals surface area contributed by atoms with Crippen LogP contribution in [0.5, 0.6) is 0 Å². The van der Waals surface area contributed by atoms with Gasteiger partial charge in [0.15, 0.2) is 9.84 Å². The molecular formula is C14H27NO3S. The first-order chi connectivity index (χ1) is 8.85. The summed E-state index contributed by atoms with van der Waals surface area (Å²) in [6, 6.07) is -0.235. The van der Waals surface area contributed by atoms with Gasteiger partial charge in [0.25, 0.3) is 0 Å². The minimum absolute atomic E-state index is 0.0659. The second-order valence-electron chi connectivity index (χ2n) is 5.76. The van der Waals surface area contributed by atoms with E-state index in [2.05, 4.69) is 0 Å². The van der Waals surface area contributed by atoms with Crippen molar-refractivity contribution in [3.8, 4) is 0 Å². The zero-order valence-corrected chi connectivity index (χ0v) is 13.2. The van der Waals surface area contributed by atoms with Crippen LogP contribution in [0.1, 0.15) is 52.4 Å². The van der Waals surface area contributed by atoms with Gasteiger partial charge in [-0.25, -0.2) is 8.42 Å². The lowest BCUT2D eigenvalue weighted by atomic mass is 9.86. The number of nitrogens with zero attached hydrogens (tertiary/aromatic N) is 1. The highest BCUT2D eigenvalue weighted by molar-refractivity contribution is 7.91. The van der Waals surface area contributed by atoms with Crippen molar-refractivity contribution in [1.29, 1.82) is 0 Å². The van der Waals surface area contributed by atoms with E-state index in [1.807, 2.05) is 6.92 Å². The van der Waals surface area contributed by atoms with Crippen LogP contribution >= 0.6 is 0 Å². The van der Waals surface area contributed by atoms with Crippen molar-refractivity contribution in [3.63, 3.8) is 0 Å². The van der Waals surface area contributed by atoms with E-state index >= 15 is 0 Å². The van der Waals surface area contributed by atoms with E-state index in [1.54, 1.807) is 18.9 Å². The molecule has 5 heteroatoms. The molecule has 1 atom stereocenters. The fourth-order valence-electron chi connectivity index (χ4n) is 2.63. The molecule has 0 N–H and O–H groups in total. The van der Waals surface area contributed by atoms with Crippen LogP contribution in [0.4, 0.5) is 0 Å². The molecule has 112 valence electrons. The van der Waals surface area contributed by atoms with Gasteiger partial charge in [-0.05, 0) is 25.7 Å². The smallest absolute Gasteiger partial charge is 0.222 e. The summed E-state index contributed by atoms with van der Waals surface area (Å²) in [5.74, 6) is 0.794. The van der Waals surface area contributed by atoms with Crippen molar-refractivity contribution in [2.45, 2.75) is 58.4 Å². The van der Waals surface area contributed by atoms with Crippen LogP contribution in [0.2, 0.25) is 0 Å². The average Bonchev–Trinajstić information content (AvgIpc) is 2.38. The maximum Gasteiger partial charge on any atom is 0.222 e. The summed E-state index contributed by atoms with van der Waals surface area (Å²) in [4.78, 5) is 13.8. The molecule has 0 aliphatic heterocycles. The predicted molar refractivity (Wildman–Crippen MR) is 77.8 cm³/mol. The summed E-state index contributed by atoms with van der Waals surface area (Å²) in [7, 11) is -1.30. The topological polar surface area (TPSA) is 54.5 Å². The van der Waals surface area contributed by atoms with E-state index in [-0.39, 0.29) is 23.5 Å². The van der Waals surface area contributed by atoms with E-state index in [0.29, 0.717) is 12.3 Å². The molecule has 0 bridgehead atoms. The summed E-state index contributed by atoms with van der Waals surface area (Å²) in [6.45, 7) is 3.46. The van der Waals surface area contributed by atoms with Crippen molar-refractivity contribution >= 4 is 15.7 Å². The number of sulfone groups is 1. The molecule has 4 nitrogen and oxygen atoms in total. The maximum absolute atomic E-state index is 12.2. The van der Waals surface area contributed by atoms with Gasteiger partial charge < -0.3 is 4.90 Å². The van der Waals surface area contributed by atoms with E-state index in [4.69, 9.17) is 0 Å². The lowest BCUT2D eigenvalue weighted by Gasteiger charge is -2.28. The molecule has 1 fully saturated rings. The van der Waals surface area contributed by atoms with Crippen LogP contribution in [-0.2, 0) is 14.6 Å². The van der Waals surface area contributed by atoms with Crippen LogP contribution in [0.15, 0.2) is 0 Å². The molecule has 0 radical (unpaired) electrons. The molecule has 1 rings (SSSR count). The third-order valence-electron chi connectivity index (χ3n) is 4.18. The van der Waals surface area contributed by atoms with E-state index in [9.17, 15) is 13.2 Å². The first kappa shape index (κ1) is 16.5. The Hall–Kier alpha value is -0.580. The molecule has 1 saturated carbocycles. The third-order valence-corrected chi connectivity index (χ3v) is 6.05. The highest BCUT2D eigenvalue weighted by atomic mass is 32.2. The molecule has 0 spiro atoms. The zero-order valence-electron chi connectivity index (χ0n) is 12.4. The summed E-state index contributed by atoms with van der Waals surface area (Å²) >= 11 is 0. The first-order valence-corrected chi connectivity index (χ1v) is 9.14. The van der Waals surface area contributed by atoms with E-state index in [0.717, 1.165) is 12.8 Å². The van der Waals surface area contributed by atoms with Gasteiger partial charge in [-0.2, -0.15) is 0 Å². The fraction of sp³-hybridized carbons (Fsp3) is 0.929. The van der Waals surface area contributed by atoms with E-state index < -0.39 is 9.84 Å². The Morgan fingerprint density at radius 3 is 2.37 bits per heavy atom. The number of amides is 1. The third kappa shape index (κ3) is 5.51. The molecule has 0 aromatic heterocycles. The Morgan fingerprint density at radius 2 is 1.84 bits per heavy atom. The summed E-state index contributed by atoms with van der Waals surface area (Å²) < 4.78 is 23.2. The Bertz CT molecular complexity index is 385. The molecule has 1 aliphatic carbocycles. The largest absolute Gasteiger partial charge is 0.342 e. The number of hydrogen-bond donors (Lipinski definition) is 0. The lowest BCUT2D eigenvalue weighted by Crippen LogP contribution is -2.40. The summed E-state index contributed by atoms with van der Waals surface area (Å²) in [5.41, 5.74) is 0. The maximum atomic E-state index is 12.2. The van der Waals surface area contributed by atoms with Crippen molar-refractivity contribution < 1.29 is 13.2 Å². The van der Waals surface area contributed by atoms with Gasteiger partial charge in [0.05, 0.1) is 5.75 Å². The van der Waals surface area contributed by atoms with E-state index in [1.165, 1.54) is 19.3 Å². The van der Waals surface area contributed by atoms with Gasteiger partial charge in [-0.1, -0.05) is 26.2 Å². The fourth-order valence-corrected chi connectivity index (χ4v) is 3.82. The van der Waals surface area contributed by atoms with Crippen LogP contribution < -0.4 is 0 Å². The van der Waals surface area contributed by atoms with Crippen molar-refractivity contribution in [3.05, 3.63) is 0 Å². The lowest BCUT2D eigenvalue weighted by molar-refractivity contribution is -0.132. The van der Waals surface area contributed by atoms with Crippen LogP contribution in [0, 0.1) is 5.92 Å². The van der Waals surface area contributed by atoms with Crippen LogP contribution in [0.3, 0.4) is 0 Å². The SMILES string of the molecule is CCS(=O)(=O)CC(C)N(C)C(=O)CC1CCCCC1. The van der Waals surface area contributed by atoms with Gasteiger partial charge in [-0.15, -0.1) is 0 Å². The van der Waals surface area contributed by atoms with Gasteiger partial charge >= 0.3 is 0 Å². The number of carbonyl (C=O) groups excluding carboxylic acids is 1. The van der Waals surface area contributed by atoms with Crippen molar-refractivity contribution in [2.24, 2.45) is 5.92 Å². The molecule has 1 unspecified atom stereocenters. The summed E-state index contributed by atoms with van der Waals surface area (Å²) in [6.07, 6.45) is 6.59. The molecule has 0 aromatic carbocycles. The van der Waals surface area contributed by atoms with Gasteiger partial charge in [0.1, 0.15) is 0 Å². The second kappa shape index (κ2) is 7.27. The predicted octanol–water partition coefficient (Wildman–Crippen LogP) is 2.24. The monoisotopic (exact) mass is 289 g/mol. The van der Waals surface area contributed by atoms with Gasteiger partial charge in [0.2, 0.25) is 5.91 Å².